The number of hydrogen-bond acceptors (Lipinski definition) is 2. The Balaban J connectivity index is 1.58. The Labute approximate surface area is 163 Å². The first kappa shape index (κ1) is 18.3. The summed E-state index contributed by atoms with van der Waals surface area (Å²) in [5.74, 6) is 0.150. The van der Waals surface area contributed by atoms with Gasteiger partial charge in [-0.25, -0.2) is 0 Å². The molecule has 0 radical (unpaired) electrons. The topological polar surface area (TPSA) is 35.5 Å². The summed E-state index contributed by atoms with van der Waals surface area (Å²) in [5.41, 5.74) is 3.50. The minimum Gasteiger partial charge on any atom is -0.506 e. The summed E-state index contributed by atoms with van der Waals surface area (Å²) in [4.78, 5) is 2.16. The van der Waals surface area contributed by atoms with E-state index in [0.29, 0.717) is 11.6 Å². The van der Waals surface area contributed by atoms with E-state index in [1.165, 1.54) is 5.56 Å². The van der Waals surface area contributed by atoms with Crippen molar-refractivity contribution in [2.24, 2.45) is 0 Å². The lowest BCUT2D eigenvalue weighted by molar-refractivity contribution is 0.410. The molecule has 1 heterocycles. The van der Waals surface area contributed by atoms with Crippen molar-refractivity contribution in [2.75, 3.05) is 13.1 Å². The number of nitrogens with zero attached hydrogens (tertiary/aromatic N) is 1. The van der Waals surface area contributed by atoms with Crippen LogP contribution in [0.5, 0.6) is 5.75 Å². The number of aromatic hydroxyl groups is 1. The Bertz CT molecular complexity index is 765. The lowest BCUT2D eigenvalue weighted by atomic mass is 10.0. The number of phenols is 1. The molecule has 0 amide bonds. The van der Waals surface area contributed by atoms with Crippen molar-refractivity contribution in [3.05, 3.63) is 63.1 Å². The van der Waals surface area contributed by atoms with Gasteiger partial charge in [-0.2, -0.15) is 0 Å². The average molecular weight is 395 g/mol. The molecule has 0 unspecified atom stereocenters. The van der Waals surface area contributed by atoms with Crippen LogP contribution < -0.4 is 5.32 Å². The maximum atomic E-state index is 9.79. The van der Waals surface area contributed by atoms with Crippen LogP contribution in [-0.2, 0) is 19.4 Å². The number of halogens is 2. The molecule has 1 aliphatic rings. The highest BCUT2D eigenvalue weighted by atomic mass is 35.5. The Morgan fingerprint density at radius 1 is 1.16 bits per heavy atom. The zero-order chi connectivity index (χ0) is 17.8. The van der Waals surface area contributed by atoms with Gasteiger partial charge in [0, 0.05) is 24.7 Å². The molecule has 0 atom stereocenters. The molecule has 3 nitrogen and oxygen atoms in total. The Kier molecular flexibility index (Phi) is 6.05. The number of rotatable bonds is 3. The fourth-order valence-corrected chi connectivity index (χ4v) is 3.59. The number of fused-ring (bicyclic) bond motifs is 1. The van der Waals surface area contributed by atoms with Crippen LogP contribution in [0.2, 0.25) is 10.0 Å². The molecular formula is C19H20Cl2N2OS. The Morgan fingerprint density at radius 2 is 1.92 bits per heavy atom. The SMILES string of the molecule is Oc1cc2c(cc1Cl)CN(C(=S)NCCc1ccc(Cl)cc1)CCC2. The minimum absolute atomic E-state index is 0.150. The third-order valence-corrected chi connectivity index (χ3v) is 5.35. The smallest absolute Gasteiger partial charge is 0.169 e. The Morgan fingerprint density at radius 3 is 2.68 bits per heavy atom. The van der Waals surface area contributed by atoms with Gasteiger partial charge in [-0.15, -0.1) is 0 Å². The van der Waals surface area contributed by atoms with Crippen molar-refractivity contribution in [3.8, 4) is 5.75 Å². The lowest BCUT2D eigenvalue weighted by Crippen LogP contribution is -2.40. The lowest BCUT2D eigenvalue weighted by Gasteiger charge is -2.24. The van der Waals surface area contributed by atoms with E-state index in [1.54, 1.807) is 6.07 Å². The molecule has 0 saturated carbocycles. The summed E-state index contributed by atoms with van der Waals surface area (Å²) in [5, 5.41) is 15.0. The van der Waals surface area contributed by atoms with E-state index in [4.69, 9.17) is 35.4 Å². The molecule has 0 bridgehead atoms. The third kappa shape index (κ3) is 4.78. The summed E-state index contributed by atoms with van der Waals surface area (Å²) >= 11 is 17.5. The van der Waals surface area contributed by atoms with Crippen LogP contribution in [0, 0.1) is 0 Å². The van der Waals surface area contributed by atoms with Gasteiger partial charge in [-0.05, 0) is 72.4 Å². The first-order chi connectivity index (χ1) is 12.0. The molecule has 132 valence electrons. The van der Waals surface area contributed by atoms with Crippen molar-refractivity contribution in [2.45, 2.75) is 25.8 Å². The maximum absolute atomic E-state index is 9.79. The predicted octanol–water partition coefficient (Wildman–Crippen LogP) is 4.56. The van der Waals surface area contributed by atoms with Gasteiger partial charge in [0.2, 0.25) is 0 Å². The number of thiocarbonyl (C=S) groups is 1. The van der Waals surface area contributed by atoms with Crippen LogP contribution in [0.15, 0.2) is 36.4 Å². The van der Waals surface area contributed by atoms with Crippen molar-refractivity contribution in [1.82, 2.24) is 10.2 Å². The van der Waals surface area contributed by atoms with Gasteiger partial charge in [0.15, 0.2) is 5.11 Å². The number of benzene rings is 2. The molecule has 0 spiro atoms. The van der Waals surface area contributed by atoms with E-state index in [1.807, 2.05) is 30.3 Å². The van der Waals surface area contributed by atoms with Gasteiger partial charge in [-0.1, -0.05) is 35.3 Å². The second kappa shape index (κ2) is 8.26. The zero-order valence-corrected chi connectivity index (χ0v) is 16.1. The zero-order valence-electron chi connectivity index (χ0n) is 13.8. The molecule has 2 aromatic rings. The first-order valence-corrected chi connectivity index (χ1v) is 9.47. The normalized spacial score (nSPS) is 13.9. The molecule has 2 N–H and O–H groups in total. The molecule has 6 heteroatoms. The summed E-state index contributed by atoms with van der Waals surface area (Å²) in [6.45, 7) is 2.38. The van der Waals surface area contributed by atoms with Crippen molar-refractivity contribution in [3.63, 3.8) is 0 Å². The van der Waals surface area contributed by atoms with Crippen LogP contribution in [-0.4, -0.2) is 28.2 Å². The maximum Gasteiger partial charge on any atom is 0.169 e. The molecule has 3 rings (SSSR count). The quantitative estimate of drug-likeness (QED) is 0.747. The highest BCUT2D eigenvalue weighted by Gasteiger charge is 2.18. The van der Waals surface area contributed by atoms with Crippen molar-refractivity contribution < 1.29 is 5.11 Å². The molecule has 0 aromatic heterocycles. The fraction of sp³-hybridized carbons (Fsp3) is 0.316. The molecule has 0 fully saturated rings. The fourth-order valence-electron chi connectivity index (χ4n) is 3.02. The average Bonchev–Trinajstić information content (AvgIpc) is 2.79. The second-order valence-electron chi connectivity index (χ2n) is 6.21. The number of aryl methyl sites for hydroxylation is 1. The Hall–Kier alpha value is -1.49. The van der Waals surface area contributed by atoms with Gasteiger partial charge < -0.3 is 15.3 Å². The van der Waals surface area contributed by atoms with Gasteiger partial charge in [0.05, 0.1) is 5.02 Å². The number of hydrogen-bond donors (Lipinski definition) is 2. The van der Waals surface area contributed by atoms with Crippen LogP contribution in [0.4, 0.5) is 0 Å². The predicted molar refractivity (Wildman–Crippen MR) is 108 cm³/mol. The summed E-state index contributed by atoms with van der Waals surface area (Å²) in [6, 6.07) is 11.5. The van der Waals surface area contributed by atoms with Crippen LogP contribution in [0.1, 0.15) is 23.1 Å². The number of phenolic OH excluding ortho intramolecular Hbond substituents is 1. The minimum atomic E-state index is 0.150. The third-order valence-electron chi connectivity index (χ3n) is 4.39. The van der Waals surface area contributed by atoms with Gasteiger partial charge in [0.25, 0.3) is 0 Å². The van der Waals surface area contributed by atoms with E-state index in [-0.39, 0.29) is 5.75 Å². The summed E-state index contributed by atoms with van der Waals surface area (Å²) in [6.07, 6.45) is 2.80. The van der Waals surface area contributed by atoms with Crippen LogP contribution >= 0.6 is 35.4 Å². The van der Waals surface area contributed by atoms with E-state index in [2.05, 4.69) is 10.2 Å². The molecule has 25 heavy (non-hydrogen) atoms. The van der Waals surface area contributed by atoms with Gasteiger partial charge in [-0.3, -0.25) is 0 Å². The first-order valence-electron chi connectivity index (χ1n) is 8.30. The van der Waals surface area contributed by atoms with E-state index in [0.717, 1.165) is 53.6 Å². The molecule has 2 aromatic carbocycles. The monoisotopic (exact) mass is 394 g/mol. The summed E-state index contributed by atoms with van der Waals surface area (Å²) in [7, 11) is 0. The highest BCUT2D eigenvalue weighted by molar-refractivity contribution is 7.80. The number of nitrogens with one attached hydrogen (secondary N) is 1. The molecule has 0 aliphatic carbocycles. The van der Waals surface area contributed by atoms with E-state index < -0.39 is 0 Å². The van der Waals surface area contributed by atoms with Gasteiger partial charge in [0.1, 0.15) is 5.75 Å². The largest absolute Gasteiger partial charge is 0.506 e. The van der Waals surface area contributed by atoms with Crippen molar-refractivity contribution in [1.29, 1.82) is 0 Å². The highest BCUT2D eigenvalue weighted by Crippen LogP contribution is 2.30. The van der Waals surface area contributed by atoms with Crippen molar-refractivity contribution >= 4 is 40.5 Å². The molecule has 0 saturated heterocycles. The second-order valence-corrected chi connectivity index (χ2v) is 7.44. The summed E-state index contributed by atoms with van der Waals surface area (Å²) < 4.78 is 0. The van der Waals surface area contributed by atoms with Crippen LogP contribution in [0.25, 0.3) is 0 Å². The molecular weight excluding hydrogens is 375 g/mol. The van der Waals surface area contributed by atoms with Gasteiger partial charge >= 0.3 is 0 Å². The standard InChI is InChI=1S/C19H20Cl2N2OS/c20-16-5-3-13(4-6-16)7-8-22-19(25)23-9-1-2-14-11-18(24)17(21)10-15(14)12-23/h3-6,10-11,24H,1-2,7-9,12H2,(H,22,25). The van der Waals surface area contributed by atoms with E-state index >= 15 is 0 Å². The van der Waals surface area contributed by atoms with E-state index in [9.17, 15) is 5.11 Å². The van der Waals surface area contributed by atoms with Crippen LogP contribution in [0.3, 0.4) is 0 Å². The molecule has 1 aliphatic heterocycles.